The molecular weight excluding hydrogens is 246 g/mol. The first-order valence-electron chi connectivity index (χ1n) is 7.84. The molecule has 1 aliphatic rings. The maximum Gasteiger partial charge on any atom is 0.123 e. The zero-order valence-electron chi connectivity index (χ0n) is 13.8. The van der Waals surface area contributed by atoms with E-state index in [2.05, 4.69) is 59.0 Å². The van der Waals surface area contributed by atoms with Crippen molar-refractivity contribution < 1.29 is 4.74 Å². The normalized spacial score (nSPS) is 24.3. The average molecular weight is 275 g/mol. The van der Waals surface area contributed by atoms with E-state index in [4.69, 9.17) is 4.74 Å². The fourth-order valence-corrected chi connectivity index (χ4v) is 3.03. The van der Waals surface area contributed by atoms with Crippen molar-refractivity contribution in [2.45, 2.75) is 66.5 Å². The SMILES string of the molecule is CCCNC1CC(Oc2cc(C)cc(C)c2C)C1(C)C. The first kappa shape index (κ1) is 15.4. The second kappa shape index (κ2) is 5.77. The topological polar surface area (TPSA) is 21.3 Å². The van der Waals surface area contributed by atoms with Crippen molar-refractivity contribution in [3.63, 3.8) is 0 Å². The van der Waals surface area contributed by atoms with Crippen LogP contribution in [0.25, 0.3) is 0 Å². The minimum absolute atomic E-state index is 0.208. The quantitative estimate of drug-likeness (QED) is 0.871. The molecule has 1 aliphatic carbocycles. The Hall–Kier alpha value is -1.02. The van der Waals surface area contributed by atoms with E-state index < -0.39 is 0 Å². The lowest BCUT2D eigenvalue weighted by Gasteiger charge is -2.52. The highest BCUT2D eigenvalue weighted by Crippen LogP contribution is 2.43. The largest absolute Gasteiger partial charge is 0.489 e. The lowest BCUT2D eigenvalue weighted by atomic mass is 9.64. The molecule has 2 atom stereocenters. The van der Waals surface area contributed by atoms with Crippen LogP contribution < -0.4 is 10.1 Å². The summed E-state index contributed by atoms with van der Waals surface area (Å²) >= 11 is 0. The van der Waals surface area contributed by atoms with E-state index in [-0.39, 0.29) is 5.41 Å². The molecule has 0 spiro atoms. The van der Waals surface area contributed by atoms with Crippen LogP contribution in [0.4, 0.5) is 0 Å². The van der Waals surface area contributed by atoms with Crippen LogP contribution >= 0.6 is 0 Å². The van der Waals surface area contributed by atoms with Crippen molar-refractivity contribution in [3.8, 4) is 5.75 Å². The molecule has 0 aromatic heterocycles. The van der Waals surface area contributed by atoms with Gasteiger partial charge in [0.15, 0.2) is 0 Å². The Morgan fingerprint density at radius 1 is 1.25 bits per heavy atom. The van der Waals surface area contributed by atoms with Gasteiger partial charge in [0.1, 0.15) is 11.9 Å². The van der Waals surface area contributed by atoms with Gasteiger partial charge in [0.05, 0.1) is 0 Å². The van der Waals surface area contributed by atoms with Crippen molar-refractivity contribution in [1.29, 1.82) is 0 Å². The van der Waals surface area contributed by atoms with Crippen molar-refractivity contribution in [1.82, 2.24) is 5.32 Å². The van der Waals surface area contributed by atoms with E-state index in [0.717, 1.165) is 18.7 Å². The second-order valence-corrected chi connectivity index (χ2v) is 6.88. The van der Waals surface area contributed by atoms with Gasteiger partial charge in [0, 0.05) is 17.9 Å². The van der Waals surface area contributed by atoms with E-state index in [1.165, 1.54) is 23.1 Å². The van der Waals surface area contributed by atoms with E-state index in [9.17, 15) is 0 Å². The number of rotatable bonds is 5. The zero-order valence-corrected chi connectivity index (χ0v) is 13.8. The number of aryl methyl sites for hydroxylation is 2. The molecule has 20 heavy (non-hydrogen) atoms. The smallest absolute Gasteiger partial charge is 0.123 e. The fourth-order valence-electron chi connectivity index (χ4n) is 3.03. The summed E-state index contributed by atoms with van der Waals surface area (Å²) in [5.74, 6) is 1.06. The van der Waals surface area contributed by atoms with Crippen molar-refractivity contribution >= 4 is 0 Å². The van der Waals surface area contributed by atoms with Crippen LogP contribution in [-0.4, -0.2) is 18.7 Å². The third-order valence-electron chi connectivity index (χ3n) is 4.85. The van der Waals surface area contributed by atoms with Gasteiger partial charge in [-0.15, -0.1) is 0 Å². The molecule has 0 radical (unpaired) electrons. The maximum atomic E-state index is 6.33. The molecule has 1 fully saturated rings. The maximum absolute atomic E-state index is 6.33. The van der Waals surface area contributed by atoms with Gasteiger partial charge in [-0.3, -0.25) is 0 Å². The Labute approximate surface area is 123 Å². The van der Waals surface area contributed by atoms with Gasteiger partial charge in [0.2, 0.25) is 0 Å². The Morgan fingerprint density at radius 3 is 2.55 bits per heavy atom. The summed E-state index contributed by atoms with van der Waals surface area (Å²) in [6, 6.07) is 4.98. The molecule has 1 saturated carbocycles. The van der Waals surface area contributed by atoms with E-state index in [1.807, 2.05) is 0 Å². The van der Waals surface area contributed by atoms with Gasteiger partial charge in [-0.2, -0.15) is 0 Å². The first-order chi connectivity index (χ1) is 9.36. The molecular formula is C18H29NO. The van der Waals surface area contributed by atoms with E-state index >= 15 is 0 Å². The van der Waals surface area contributed by atoms with Crippen molar-refractivity contribution in [3.05, 3.63) is 28.8 Å². The van der Waals surface area contributed by atoms with Gasteiger partial charge < -0.3 is 10.1 Å². The third kappa shape index (κ3) is 2.85. The molecule has 112 valence electrons. The first-order valence-corrected chi connectivity index (χ1v) is 7.84. The van der Waals surface area contributed by atoms with Crippen LogP contribution in [0.1, 0.15) is 50.3 Å². The molecule has 2 nitrogen and oxygen atoms in total. The highest BCUT2D eigenvalue weighted by atomic mass is 16.5. The van der Waals surface area contributed by atoms with Crippen LogP contribution in [0.3, 0.4) is 0 Å². The summed E-state index contributed by atoms with van der Waals surface area (Å²) in [6.45, 7) is 14.4. The predicted octanol–water partition coefficient (Wildman–Crippen LogP) is 4.16. The molecule has 0 aliphatic heterocycles. The second-order valence-electron chi connectivity index (χ2n) is 6.88. The molecule has 0 amide bonds. The fraction of sp³-hybridized carbons (Fsp3) is 0.667. The summed E-state index contributed by atoms with van der Waals surface area (Å²) in [6.07, 6.45) is 2.62. The minimum Gasteiger partial charge on any atom is -0.489 e. The minimum atomic E-state index is 0.208. The van der Waals surface area contributed by atoms with Crippen LogP contribution in [0.5, 0.6) is 5.75 Å². The molecule has 0 bridgehead atoms. The van der Waals surface area contributed by atoms with Crippen LogP contribution in [0.2, 0.25) is 0 Å². The molecule has 1 aromatic rings. The molecule has 0 heterocycles. The Morgan fingerprint density at radius 2 is 1.95 bits per heavy atom. The molecule has 2 rings (SSSR count). The lowest BCUT2D eigenvalue weighted by Crippen LogP contribution is -2.62. The number of benzene rings is 1. The van der Waals surface area contributed by atoms with Gasteiger partial charge in [-0.25, -0.2) is 0 Å². The lowest BCUT2D eigenvalue weighted by molar-refractivity contribution is -0.0549. The predicted molar refractivity (Wildman–Crippen MR) is 85.5 cm³/mol. The van der Waals surface area contributed by atoms with Crippen molar-refractivity contribution in [2.75, 3.05) is 6.54 Å². The standard InChI is InChI=1S/C18H29NO/c1-7-8-19-16-11-17(18(16,5)6)20-15-10-12(2)9-13(3)14(15)4/h9-10,16-17,19H,7-8,11H2,1-6H3. The summed E-state index contributed by atoms with van der Waals surface area (Å²) in [5.41, 5.74) is 4.08. The third-order valence-corrected chi connectivity index (χ3v) is 4.85. The van der Waals surface area contributed by atoms with E-state index in [0.29, 0.717) is 12.1 Å². The number of hydrogen-bond acceptors (Lipinski definition) is 2. The Balaban J connectivity index is 2.06. The highest BCUT2D eigenvalue weighted by Gasteiger charge is 2.49. The molecule has 1 N–H and O–H groups in total. The zero-order chi connectivity index (χ0) is 14.9. The average Bonchev–Trinajstić information content (AvgIpc) is 2.38. The number of hydrogen-bond donors (Lipinski definition) is 1. The van der Waals surface area contributed by atoms with Gasteiger partial charge in [0.25, 0.3) is 0 Å². The van der Waals surface area contributed by atoms with Crippen molar-refractivity contribution in [2.24, 2.45) is 5.41 Å². The number of ether oxygens (including phenoxy) is 1. The number of nitrogens with one attached hydrogen (secondary N) is 1. The van der Waals surface area contributed by atoms with E-state index in [1.54, 1.807) is 0 Å². The van der Waals surface area contributed by atoms with Gasteiger partial charge >= 0.3 is 0 Å². The van der Waals surface area contributed by atoms with Gasteiger partial charge in [-0.1, -0.05) is 26.8 Å². The van der Waals surface area contributed by atoms with Crippen LogP contribution in [-0.2, 0) is 0 Å². The van der Waals surface area contributed by atoms with Crippen LogP contribution in [0.15, 0.2) is 12.1 Å². The monoisotopic (exact) mass is 275 g/mol. The molecule has 0 saturated heterocycles. The summed E-state index contributed by atoms with van der Waals surface area (Å²) < 4.78 is 6.33. The van der Waals surface area contributed by atoms with Crippen LogP contribution in [0, 0.1) is 26.2 Å². The molecule has 2 heteroatoms. The molecule has 1 aromatic carbocycles. The summed E-state index contributed by atoms with van der Waals surface area (Å²) in [5, 5.41) is 3.63. The summed E-state index contributed by atoms with van der Waals surface area (Å²) in [4.78, 5) is 0. The van der Waals surface area contributed by atoms with Gasteiger partial charge in [-0.05, 0) is 56.5 Å². The summed E-state index contributed by atoms with van der Waals surface area (Å²) in [7, 11) is 0. The highest BCUT2D eigenvalue weighted by molar-refractivity contribution is 5.42. The Kier molecular flexibility index (Phi) is 4.43. The molecule has 2 unspecified atom stereocenters. The Bertz CT molecular complexity index is 479.